The summed E-state index contributed by atoms with van der Waals surface area (Å²) in [5, 5.41) is 10.0. The van der Waals surface area contributed by atoms with Crippen LogP contribution in [0.1, 0.15) is 46.5 Å². The molecule has 0 aromatic carbocycles. The second-order valence-electron chi connectivity index (χ2n) is 5.02. The smallest absolute Gasteiger partial charge is 0.0808 e. The topological polar surface area (TPSA) is 46.2 Å². The van der Waals surface area contributed by atoms with Crippen molar-refractivity contribution in [3.63, 3.8) is 0 Å². The Morgan fingerprint density at radius 2 is 1.92 bits per heavy atom. The van der Waals surface area contributed by atoms with Crippen molar-refractivity contribution in [2.24, 2.45) is 11.1 Å². The van der Waals surface area contributed by atoms with Gasteiger partial charge in [-0.2, -0.15) is 0 Å². The lowest BCUT2D eigenvalue weighted by Gasteiger charge is -2.52. The fourth-order valence-corrected chi connectivity index (χ4v) is 2.45. The molecule has 12 heavy (non-hydrogen) atoms. The fraction of sp³-hybridized carbons (Fsp3) is 1.00. The second kappa shape index (κ2) is 3.00. The molecule has 0 spiro atoms. The van der Waals surface area contributed by atoms with Crippen molar-refractivity contribution in [3.8, 4) is 0 Å². The quantitative estimate of drug-likeness (QED) is 0.678. The highest BCUT2D eigenvalue weighted by Gasteiger charge is 2.50. The van der Waals surface area contributed by atoms with E-state index in [-0.39, 0.29) is 6.04 Å². The van der Waals surface area contributed by atoms with Crippen molar-refractivity contribution in [1.29, 1.82) is 0 Å². The molecule has 1 saturated carbocycles. The minimum absolute atomic E-state index is 0.0180. The lowest BCUT2D eigenvalue weighted by molar-refractivity contribution is -0.129. The van der Waals surface area contributed by atoms with E-state index < -0.39 is 5.60 Å². The third kappa shape index (κ3) is 1.80. The molecule has 0 heterocycles. The molecule has 3 N–H and O–H groups in total. The molecule has 1 unspecified atom stereocenters. The van der Waals surface area contributed by atoms with Crippen LogP contribution < -0.4 is 5.73 Å². The molecule has 1 rings (SSSR count). The summed E-state index contributed by atoms with van der Waals surface area (Å²) < 4.78 is 0. The maximum Gasteiger partial charge on any atom is 0.0808 e. The van der Waals surface area contributed by atoms with Gasteiger partial charge in [-0.1, -0.05) is 27.2 Å². The highest BCUT2D eigenvalue weighted by molar-refractivity contribution is 5.05. The van der Waals surface area contributed by atoms with Gasteiger partial charge in [-0.25, -0.2) is 0 Å². The first-order valence-electron chi connectivity index (χ1n) is 4.88. The van der Waals surface area contributed by atoms with Crippen molar-refractivity contribution >= 4 is 0 Å². The third-order valence-corrected chi connectivity index (χ3v) is 2.86. The molecule has 0 amide bonds. The third-order valence-electron chi connectivity index (χ3n) is 2.86. The van der Waals surface area contributed by atoms with Gasteiger partial charge < -0.3 is 10.8 Å². The maximum atomic E-state index is 10.0. The molecular weight excluding hydrogens is 150 g/mol. The van der Waals surface area contributed by atoms with Gasteiger partial charge in [0.2, 0.25) is 0 Å². The Bertz CT molecular complexity index is 157. The fourth-order valence-electron chi connectivity index (χ4n) is 2.45. The normalized spacial score (nSPS) is 27.8. The van der Waals surface area contributed by atoms with Crippen LogP contribution in [0.5, 0.6) is 0 Å². The Labute approximate surface area is 75.2 Å². The molecule has 1 fully saturated rings. The number of nitrogens with two attached hydrogens (primary N) is 1. The number of hydrogen-bond acceptors (Lipinski definition) is 2. The van der Waals surface area contributed by atoms with Gasteiger partial charge in [0.05, 0.1) is 5.60 Å². The van der Waals surface area contributed by atoms with Gasteiger partial charge in [0.15, 0.2) is 0 Å². The van der Waals surface area contributed by atoms with Crippen LogP contribution in [0, 0.1) is 5.41 Å². The predicted octanol–water partition coefficient (Wildman–Crippen LogP) is 1.66. The van der Waals surface area contributed by atoms with E-state index in [1.807, 2.05) is 0 Å². The Hall–Kier alpha value is -0.0800. The molecule has 0 aliphatic heterocycles. The molecular formula is C10H21NO. The predicted molar refractivity (Wildman–Crippen MR) is 50.8 cm³/mol. The largest absolute Gasteiger partial charge is 0.388 e. The highest BCUT2D eigenvalue weighted by Crippen LogP contribution is 2.49. The first-order valence-corrected chi connectivity index (χ1v) is 4.88. The summed E-state index contributed by atoms with van der Waals surface area (Å²) in [7, 11) is 0. The van der Waals surface area contributed by atoms with Crippen molar-refractivity contribution in [1.82, 2.24) is 0 Å². The second-order valence-corrected chi connectivity index (χ2v) is 5.02. The molecule has 2 heteroatoms. The van der Waals surface area contributed by atoms with E-state index in [9.17, 15) is 5.11 Å². The van der Waals surface area contributed by atoms with Crippen molar-refractivity contribution in [2.75, 3.05) is 0 Å². The first kappa shape index (κ1) is 10.0. The van der Waals surface area contributed by atoms with E-state index >= 15 is 0 Å². The Kier molecular flexibility index (Phi) is 2.50. The van der Waals surface area contributed by atoms with E-state index in [0.29, 0.717) is 5.41 Å². The number of hydrogen-bond donors (Lipinski definition) is 2. The van der Waals surface area contributed by atoms with Crippen LogP contribution >= 0.6 is 0 Å². The van der Waals surface area contributed by atoms with Crippen molar-refractivity contribution in [3.05, 3.63) is 0 Å². The zero-order chi connectivity index (χ0) is 9.41. The summed E-state index contributed by atoms with van der Waals surface area (Å²) in [6, 6.07) is -0.0180. The average Bonchev–Trinajstić information content (AvgIpc) is 1.83. The van der Waals surface area contributed by atoms with Gasteiger partial charge in [0.1, 0.15) is 0 Å². The Morgan fingerprint density at radius 3 is 2.25 bits per heavy atom. The molecule has 0 aromatic heterocycles. The average molecular weight is 171 g/mol. The van der Waals surface area contributed by atoms with Crippen LogP contribution in [0.15, 0.2) is 0 Å². The van der Waals surface area contributed by atoms with Crippen LogP contribution in [0.4, 0.5) is 0 Å². The summed E-state index contributed by atoms with van der Waals surface area (Å²) >= 11 is 0. The Balaban J connectivity index is 2.43. The minimum atomic E-state index is -0.556. The standard InChI is InChI=1S/C10H21NO/c1-4-5-8(11)10(12)6-9(2,3)7-10/h8,12H,4-7,11H2,1-3H3. The highest BCUT2D eigenvalue weighted by atomic mass is 16.3. The van der Waals surface area contributed by atoms with Crippen LogP contribution in [0.3, 0.4) is 0 Å². The van der Waals surface area contributed by atoms with E-state index in [1.165, 1.54) is 0 Å². The molecule has 0 radical (unpaired) electrons. The van der Waals surface area contributed by atoms with Crippen molar-refractivity contribution < 1.29 is 5.11 Å². The van der Waals surface area contributed by atoms with Gasteiger partial charge in [-0.3, -0.25) is 0 Å². The van der Waals surface area contributed by atoms with Gasteiger partial charge in [0.25, 0.3) is 0 Å². The summed E-state index contributed by atoms with van der Waals surface area (Å²) in [6.45, 7) is 6.47. The number of rotatable bonds is 3. The summed E-state index contributed by atoms with van der Waals surface area (Å²) in [5.41, 5.74) is 5.64. The zero-order valence-electron chi connectivity index (χ0n) is 8.43. The molecule has 1 aliphatic carbocycles. The van der Waals surface area contributed by atoms with Crippen LogP contribution in [-0.2, 0) is 0 Å². The van der Waals surface area contributed by atoms with E-state index in [2.05, 4.69) is 20.8 Å². The first-order chi connectivity index (χ1) is 5.40. The van der Waals surface area contributed by atoms with E-state index in [1.54, 1.807) is 0 Å². The molecule has 1 aliphatic rings. The van der Waals surface area contributed by atoms with Crippen LogP contribution in [-0.4, -0.2) is 16.7 Å². The van der Waals surface area contributed by atoms with Crippen molar-refractivity contribution in [2.45, 2.75) is 58.1 Å². The molecule has 0 aromatic rings. The summed E-state index contributed by atoms with van der Waals surface area (Å²) in [4.78, 5) is 0. The number of aliphatic hydroxyl groups is 1. The molecule has 1 atom stereocenters. The van der Waals surface area contributed by atoms with E-state index in [0.717, 1.165) is 25.7 Å². The Morgan fingerprint density at radius 1 is 1.42 bits per heavy atom. The van der Waals surface area contributed by atoms with Gasteiger partial charge in [-0.05, 0) is 24.7 Å². The monoisotopic (exact) mass is 171 g/mol. The lowest BCUT2D eigenvalue weighted by Crippen LogP contribution is -2.59. The van der Waals surface area contributed by atoms with Crippen LogP contribution in [0.2, 0.25) is 0 Å². The molecule has 0 saturated heterocycles. The van der Waals surface area contributed by atoms with Gasteiger partial charge in [0, 0.05) is 6.04 Å². The molecule has 2 nitrogen and oxygen atoms in total. The minimum Gasteiger partial charge on any atom is -0.388 e. The van der Waals surface area contributed by atoms with E-state index in [4.69, 9.17) is 5.73 Å². The van der Waals surface area contributed by atoms with Crippen LogP contribution in [0.25, 0.3) is 0 Å². The lowest BCUT2D eigenvalue weighted by atomic mass is 9.58. The zero-order valence-corrected chi connectivity index (χ0v) is 8.43. The SMILES string of the molecule is CCCC(N)C1(O)CC(C)(C)C1. The molecule has 72 valence electrons. The summed E-state index contributed by atoms with van der Waals surface area (Å²) in [6.07, 6.45) is 3.72. The maximum absolute atomic E-state index is 10.0. The van der Waals surface area contributed by atoms with Gasteiger partial charge in [-0.15, -0.1) is 0 Å². The van der Waals surface area contributed by atoms with Gasteiger partial charge >= 0.3 is 0 Å². The summed E-state index contributed by atoms with van der Waals surface area (Å²) in [5.74, 6) is 0. The molecule has 0 bridgehead atoms.